The molecule has 0 spiro atoms. The summed E-state index contributed by atoms with van der Waals surface area (Å²) in [6.07, 6.45) is 3.83. The summed E-state index contributed by atoms with van der Waals surface area (Å²) in [5.41, 5.74) is 0.0776. The van der Waals surface area contributed by atoms with Crippen molar-refractivity contribution in [3.05, 3.63) is 16.3 Å². The van der Waals surface area contributed by atoms with E-state index in [4.69, 9.17) is 4.74 Å². The van der Waals surface area contributed by atoms with E-state index in [1.165, 1.54) is 6.20 Å². The van der Waals surface area contributed by atoms with Crippen molar-refractivity contribution in [1.82, 2.24) is 9.78 Å². The van der Waals surface area contributed by atoms with E-state index in [9.17, 15) is 10.1 Å². The van der Waals surface area contributed by atoms with Crippen LogP contribution < -0.4 is 4.90 Å². The molecule has 2 fully saturated rings. The van der Waals surface area contributed by atoms with E-state index in [1.807, 2.05) is 4.90 Å². The zero-order valence-electron chi connectivity index (χ0n) is 9.57. The second kappa shape index (κ2) is 3.69. The zero-order valence-corrected chi connectivity index (χ0v) is 9.57. The molecule has 92 valence electrons. The molecule has 7 heteroatoms. The molecule has 0 amide bonds. The molecular weight excluding hydrogens is 224 g/mol. The minimum atomic E-state index is -0.375. The van der Waals surface area contributed by atoms with E-state index in [-0.39, 0.29) is 22.8 Å². The van der Waals surface area contributed by atoms with Crippen LogP contribution in [0.25, 0.3) is 0 Å². The predicted molar refractivity (Wildman–Crippen MR) is 60.0 cm³/mol. The van der Waals surface area contributed by atoms with Gasteiger partial charge in [-0.05, 0) is 12.8 Å². The quantitative estimate of drug-likeness (QED) is 0.560. The molecule has 3 heterocycles. The van der Waals surface area contributed by atoms with Gasteiger partial charge in [-0.3, -0.25) is 10.1 Å². The molecule has 2 aliphatic rings. The number of rotatable bonds is 2. The van der Waals surface area contributed by atoms with Crippen LogP contribution in [0.1, 0.15) is 12.8 Å². The topological polar surface area (TPSA) is 73.4 Å². The number of aryl methyl sites for hydroxylation is 1. The highest BCUT2D eigenvalue weighted by atomic mass is 16.6. The number of hydrogen-bond acceptors (Lipinski definition) is 5. The molecule has 0 saturated carbocycles. The van der Waals surface area contributed by atoms with Crippen LogP contribution in [0.15, 0.2) is 6.20 Å². The van der Waals surface area contributed by atoms with Gasteiger partial charge in [-0.1, -0.05) is 0 Å². The maximum absolute atomic E-state index is 11.0. The Morgan fingerprint density at radius 1 is 1.47 bits per heavy atom. The monoisotopic (exact) mass is 238 g/mol. The van der Waals surface area contributed by atoms with Crippen molar-refractivity contribution in [1.29, 1.82) is 0 Å². The SMILES string of the molecule is Cn1ncc([N+](=O)[O-])c1N1CC2CCC(C1)O2. The second-order valence-corrected chi connectivity index (χ2v) is 4.60. The molecule has 2 aliphatic heterocycles. The summed E-state index contributed by atoms with van der Waals surface area (Å²) in [5.74, 6) is 0.593. The van der Waals surface area contributed by atoms with Crippen molar-refractivity contribution in [2.75, 3.05) is 18.0 Å². The molecule has 0 aliphatic carbocycles. The first kappa shape index (κ1) is 10.5. The van der Waals surface area contributed by atoms with Crippen LogP contribution in [0, 0.1) is 10.1 Å². The summed E-state index contributed by atoms with van der Waals surface area (Å²) >= 11 is 0. The number of nitro groups is 1. The lowest BCUT2D eigenvalue weighted by Crippen LogP contribution is -2.43. The zero-order chi connectivity index (χ0) is 12.0. The maximum atomic E-state index is 11.0. The average molecular weight is 238 g/mol. The molecule has 7 nitrogen and oxygen atoms in total. The van der Waals surface area contributed by atoms with Crippen LogP contribution in [-0.2, 0) is 11.8 Å². The molecule has 0 aromatic carbocycles. The van der Waals surface area contributed by atoms with Crippen LogP contribution in [0.3, 0.4) is 0 Å². The van der Waals surface area contributed by atoms with Crippen LogP contribution in [-0.4, -0.2) is 40.0 Å². The molecule has 0 N–H and O–H groups in total. The second-order valence-electron chi connectivity index (χ2n) is 4.60. The molecule has 1 aromatic rings. The largest absolute Gasteiger partial charge is 0.371 e. The van der Waals surface area contributed by atoms with Crippen molar-refractivity contribution >= 4 is 11.5 Å². The molecule has 3 rings (SSSR count). The van der Waals surface area contributed by atoms with Gasteiger partial charge >= 0.3 is 5.69 Å². The van der Waals surface area contributed by atoms with Gasteiger partial charge in [-0.2, -0.15) is 5.10 Å². The maximum Gasteiger partial charge on any atom is 0.331 e. The third-order valence-corrected chi connectivity index (χ3v) is 3.43. The fraction of sp³-hybridized carbons (Fsp3) is 0.700. The summed E-state index contributed by atoms with van der Waals surface area (Å²) in [4.78, 5) is 12.6. The molecule has 2 unspecified atom stereocenters. The summed E-state index contributed by atoms with van der Waals surface area (Å²) in [6, 6.07) is 0. The Labute approximate surface area is 98.1 Å². The van der Waals surface area contributed by atoms with Gasteiger partial charge in [0.05, 0.1) is 17.1 Å². The summed E-state index contributed by atoms with van der Waals surface area (Å²) < 4.78 is 7.30. The van der Waals surface area contributed by atoms with E-state index in [2.05, 4.69) is 5.10 Å². The minimum absolute atomic E-state index is 0.0776. The van der Waals surface area contributed by atoms with Gasteiger partial charge < -0.3 is 9.64 Å². The van der Waals surface area contributed by atoms with Gasteiger partial charge in [0.25, 0.3) is 0 Å². The Bertz CT molecular complexity index is 446. The van der Waals surface area contributed by atoms with E-state index in [0.29, 0.717) is 5.82 Å². The first-order chi connectivity index (χ1) is 8.15. The fourth-order valence-corrected chi connectivity index (χ4v) is 2.70. The Morgan fingerprint density at radius 3 is 2.71 bits per heavy atom. The minimum Gasteiger partial charge on any atom is -0.371 e. The Hall–Kier alpha value is -1.63. The van der Waals surface area contributed by atoms with Crippen molar-refractivity contribution in [3.8, 4) is 0 Å². The summed E-state index contributed by atoms with van der Waals surface area (Å²) in [7, 11) is 1.74. The molecule has 1 aromatic heterocycles. The van der Waals surface area contributed by atoms with Gasteiger partial charge in [0.2, 0.25) is 5.82 Å². The normalized spacial score (nSPS) is 27.5. The highest BCUT2D eigenvalue weighted by Gasteiger charge is 2.37. The first-order valence-corrected chi connectivity index (χ1v) is 5.72. The highest BCUT2D eigenvalue weighted by molar-refractivity contribution is 5.58. The number of nitrogens with zero attached hydrogens (tertiary/aromatic N) is 4. The van der Waals surface area contributed by atoms with Gasteiger partial charge in [0.1, 0.15) is 6.20 Å². The fourth-order valence-electron chi connectivity index (χ4n) is 2.70. The number of anilines is 1. The van der Waals surface area contributed by atoms with Gasteiger partial charge in [0.15, 0.2) is 0 Å². The number of fused-ring (bicyclic) bond motifs is 2. The molecular formula is C10H14N4O3. The standard InChI is InChI=1S/C10H14N4O3/c1-12-10(9(4-11-12)14(15)16)13-5-7-2-3-8(6-13)17-7/h4,7-8H,2-3,5-6H2,1H3. The Balaban J connectivity index is 1.93. The van der Waals surface area contributed by atoms with Gasteiger partial charge in [-0.15, -0.1) is 0 Å². The lowest BCUT2D eigenvalue weighted by Gasteiger charge is -2.32. The first-order valence-electron chi connectivity index (χ1n) is 5.72. The third-order valence-electron chi connectivity index (χ3n) is 3.43. The van der Waals surface area contributed by atoms with E-state index in [1.54, 1.807) is 11.7 Å². The number of hydrogen-bond donors (Lipinski definition) is 0. The van der Waals surface area contributed by atoms with Gasteiger partial charge in [-0.25, -0.2) is 4.68 Å². The van der Waals surface area contributed by atoms with Crippen molar-refractivity contribution in [2.24, 2.45) is 7.05 Å². The lowest BCUT2D eigenvalue weighted by atomic mass is 10.2. The third kappa shape index (κ3) is 1.66. The van der Waals surface area contributed by atoms with Crippen LogP contribution >= 0.6 is 0 Å². The van der Waals surface area contributed by atoms with Gasteiger partial charge in [0, 0.05) is 20.1 Å². The van der Waals surface area contributed by atoms with Crippen LogP contribution in [0.5, 0.6) is 0 Å². The molecule has 2 bridgehead atoms. The number of morpholine rings is 1. The Morgan fingerprint density at radius 2 is 2.12 bits per heavy atom. The molecule has 17 heavy (non-hydrogen) atoms. The van der Waals surface area contributed by atoms with Crippen LogP contribution in [0.4, 0.5) is 11.5 Å². The molecule has 2 atom stereocenters. The number of ether oxygens (including phenoxy) is 1. The molecule has 0 radical (unpaired) electrons. The van der Waals surface area contributed by atoms with Crippen molar-refractivity contribution < 1.29 is 9.66 Å². The summed E-state index contributed by atoms with van der Waals surface area (Å²) in [6.45, 7) is 1.44. The predicted octanol–water partition coefficient (Wildman–Crippen LogP) is 0.696. The highest BCUT2D eigenvalue weighted by Crippen LogP contribution is 2.33. The van der Waals surface area contributed by atoms with E-state index in [0.717, 1.165) is 25.9 Å². The van der Waals surface area contributed by atoms with Crippen molar-refractivity contribution in [2.45, 2.75) is 25.0 Å². The van der Waals surface area contributed by atoms with Crippen LogP contribution in [0.2, 0.25) is 0 Å². The Kier molecular flexibility index (Phi) is 2.29. The van der Waals surface area contributed by atoms with E-state index < -0.39 is 0 Å². The average Bonchev–Trinajstić information content (AvgIpc) is 2.82. The smallest absolute Gasteiger partial charge is 0.331 e. The van der Waals surface area contributed by atoms with E-state index >= 15 is 0 Å². The molecule has 2 saturated heterocycles. The number of aromatic nitrogens is 2. The lowest BCUT2D eigenvalue weighted by molar-refractivity contribution is -0.384. The summed E-state index contributed by atoms with van der Waals surface area (Å²) in [5, 5.41) is 14.9. The van der Waals surface area contributed by atoms with Crippen molar-refractivity contribution in [3.63, 3.8) is 0 Å².